The van der Waals surface area contributed by atoms with Crippen LogP contribution in [0.4, 0.5) is 0 Å². The van der Waals surface area contributed by atoms with E-state index in [0.29, 0.717) is 5.75 Å². The molecule has 1 unspecified atom stereocenters. The van der Waals surface area contributed by atoms with Crippen LogP contribution >= 0.6 is 11.8 Å². The third kappa shape index (κ3) is 4.74. The Hall–Kier alpha value is -1.53. The highest BCUT2D eigenvalue weighted by atomic mass is 32.2. The van der Waals surface area contributed by atoms with E-state index in [9.17, 15) is 9.90 Å². The monoisotopic (exact) mass is 322 g/mol. The maximum absolute atomic E-state index is 11.8. The summed E-state index contributed by atoms with van der Waals surface area (Å²) in [4.78, 5) is 19.4. The first-order valence-electron chi connectivity index (χ1n) is 7.37. The van der Waals surface area contributed by atoms with Gasteiger partial charge in [0.05, 0.1) is 23.6 Å². The Morgan fingerprint density at radius 3 is 2.86 bits per heavy atom. The number of carbonyl (C=O) groups is 1. The number of carbonyl (C=O) groups excluding carboxylic acids is 1. The number of H-pyrrole nitrogens is 1. The smallest absolute Gasteiger partial charge is 0.308 e. The van der Waals surface area contributed by atoms with E-state index < -0.39 is 11.7 Å². The van der Waals surface area contributed by atoms with Crippen LogP contribution in [0, 0.1) is 0 Å². The predicted octanol–water partition coefficient (Wildman–Crippen LogP) is 3.14. The lowest BCUT2D eigenvalue weighted by atomic mass is 10.1. The minimum atomic E-state index is -0.752. The van der Waals surface area contributed by atoms with Crippen LogP contribution in [0.5, 0.6) is 0 Å². The van der Waals surface area contributed by atoms with Crippen LogP contribution in [-0.2, 0) is 9.53 Å². The normalized spacial score (nSPS) is 13.3. The van der Waals surface area contributed by atoms with Crippen molar-refractivity contribution in [2.75, 3.05) is 5.75 Å². The number of imidazole rings is 1. The van der Waals surface area contributed by atoms with Crippen LogP contribution in [-0.4, -0.2) is 38.5 Å². The van der Waals surface area contributed by atoms with Gasteiger partial charge in [0.25, 0.3) is 0 Å². The van der Waals surface area contributed by atoms with Crippen molar-refractivity contribution in [2.45, 2.75) is 50.5 Å². The largest absolute Gasteiger partial charge is 0.460 e. The number of rotatable bonds is 7. The summed E-state index contributed by atoms with van der Waals surface area (Å²) in [7, 11) is 0. The summed E-state index contributed by atoms with van der Waals surface area (Å²) in [6.45, 7) is 5.68. The molecule has 0 aliphatic rings. The number of aromatic amines is 1. The van der Waals surface area contributed by atoms with E-state index in [1.54, 1.807) is 0 Å². The molecule has 0 aliphatic heterocycles. The number of aromatic nitrogens is 2. The Kier molecular flexibility index (Phi) is 5.47. The van der Waals surface area contributed by atoms with Crippen LogP contribution in [0.15, 0.2) is 29.4 Å². The molecular formula is C16H22N2O3S. The van der Waals surface area contributed by atoms with Crippen LogP contribution in [0.3, 0.4) is 0 Å². The van der Waals surface area contributed by atoms with Crippen molar-refractivity contribution >= 4 is 28.8 Å². The average Bonchev–Trinajstić information content (AvgIpc) is 2.87. The number of hydrogen-bond donors (Lipinski definition) is 2. The van der Waals surface area contributed by atoms with E-state index in [2.05, 4.69) is 9.97 Å². The Labute approximate surface area is 134 Å². The van der Waals surface area contributed by atoms with Gasteiger partial charge >= 0.3 is 5.97 Å². The number of para-hydroxylation sites is 2. The minimum absolute atomic E-state index is 0.00332. The molecule has 0 saturated carbocycles. The Balaban J connectivity index is 1.82. The fraction of sp³-hybridized carbons (Fsp3) is 0.500. The third-order valence-corrected chi connectivity index (χ3v) is 4.44. The first-order chi connectivity index (χ1) is 10.4. The second-order valence-electron chi connectivity index (χ2n) is 5.82. The van der Waals surface area contributed by atoms with E-state index in [4.69, 9.17) is 4.74 Å². The van der Waals surface area contributed by atoms with Gasteiger partial charge < -0.3 is 14.8 Å². The molecular weight excluding hydrogens is 300 g/mol. The molecule has 0 saturated heterocycles. The highest BCUT2D eigenvalue weighted by molar-refractivity contribution is 7.99. The lowest BCUT2D eigenvalue weighted by molar-refractivity contribution is -0.158. The molecule has 2 N–H and O–H groups in total. The summed E-state index contributed by atoms with van der Waals surface area (Å²) in [5, 5.41) is 10.7. The fourth-order valence-electron chi connectivity index (χ4n) is 1.85. The number of esters is 1. The van der Waals surface area contributed by atoms with Gasteiger partial charge in [0, 0.05) is 5.75 Å². The predicted molar refractivity (Wildman–Crippen MR) is 87.9 cm³/mol. The number of thioether (sulfide) groups is 1. The standard InChI is InChI=1S/C16H22N2O3S/c1-4-16(2,3)21-14(20)9-11(19)10-22-15-17-12-7-5-6-8-13(12)18-15/h5-8,11,19H,4,9-10H2,1-3H3,(H,17,18). The van der Waals surface area contributed by atoms with Crippen LogP contribution < -0.4 is 0 Å². The van der Waals surface area contributed by atoms with Crippen molar-refractivity contribution in [1.29, 1.82) is 0 Å². The molecule has 0 aliphatic carbocycles. The van der Waals surface area contributed by atoms with Crippen molar-refractivity contribution in [3.8, 4) is 0 Å². The van der Waals surface area contributed by atoms with E-state index in [0.717, 1.165) is 22.6 Å². The number of ether oxygens (including phenoxy) is 1. The number of hydrogen-bond acceptors (Lipinski definition) is 5. The summed E-state index contributed by atoms with van der Waals surface area (Å²) >= 11 is 1.40. The molecule has 0 radical (unpaired) electrons. The zero-order valence-corrected chi connectivity index (χ0v) is 13.9. The Morgan fingerprint density at radius 2 is 2.18 bits per heavy atom. The molecule has 120 valence electrons. The van der Waals surface area contributed by atoms with Gasteiger partial charge in [0.1, 0.15) is 5.60 Å². The molecule has 0 spiro atoms. The molecule has 1 heterocycles. The second kappa shape index (κ2) is 7.15. The van der Waals surface area contributed by atoms with Gasteiger partial charge in [-0.1, -0.05) is 30.8 Å². The second-order valence-corrected chi connectivity index (χ2v) is 6.82. The molecule has 0 fully saturated rings. The van der Waals surface area contributed by atoms with Crippen molar-refractivity contribution in [3.05, 3.63) is 24.3 Å². The quantitative estimate of drug-likeness (QED) is 0.605. The molecule has 0 amide bonds. The van der Waals surface area contributed by atoms with Crippen molar-refractivity contribution in [3.63, 3.8) is 0 Å². The van der Waals surface area contributed by atoms with E-state index in [-0.39, 0.29) is 12.4 Å². The summed E-state index contributed by atoms with van der Waals surface area (Å²) in [6.07, 6.45) is -0.0162. The Morgan fingerprint density at radius 1 is 1.45 bits per heavy atom. The van der Waals surface area contributed by atoms with Gasteiger partial charge in [-0.05, 0) is 32.4 Å². The first-order valence-corrected chi connectivity index (χ1v) is 8.35. The topological polar surface area (TPSA) is 75.2 Å². The minimum Gasteiger partial charge on any atom is -0.460 e. The van der Waals surface area contributed by atoms with Gasteiger partial charge in [0.2, 0.25) is 0 Å². The van der Waals surface area contributed by atoms with E-state index >= 15 is 0 Å². The van der Waals surface area contributed by atoms with Gasteiger partial charge in [-0.3, -0.25) is 4.79 Å². The molecule has 2 rings (SSSR count). The van der Waals surface area contributed by atoms with Gasteiger partial charge in [-0.25, -0.2) is 4.98 Å². The molecule has 6 heteroatoms. The SMILES string of the molecule is CCC(C)(C)OC(=O)CC(O)CSc1nc2ccccc2[nH]1. The van der Waals surface area contributed by atoms with Crippen LogP contribution in [0.2, 0.25) is 0 Å². The van der Waals surface area contributed by atoms with E-state index in [1.165, 1.54) is 11.8 Å². The molecule has 22 heavy (non-hydrogen) atoms. The highest BCUT2D eigenvalue weighted by Gasteiger charge is 2.22. The van der Waals surface area contributed by atoms with Crippen molar-refractivity contribution in [1.82, 2.24) is 9.97 Å². The van der Waals surface area contributed by atoms with Crippen molar-refractivity contribution in [2.24, 2.45) is 0 Å². The molecule has 0 bridgehead atoms. The summed E-state index contributed by atoms with van der Waals surface area (Å²) in [5.74, 6) is 0.0196. The number of fused-ring (bicyclic) bond motifs is 1. The number of benzene rings is 1. The zero-order valence-electron chi connectivity index (χ0n) is 13.1. The number of nitrogens with zero attached hydrogens (tertiary/aromatic N) is 1. The van der Waals surface area contributed by atoms with Gasteiger partial charge in [0.15, 0.2) is 5.16 Å². The molecule has 1 aromatic carbocycles. The first kappa shape index (κ1) is 16.8. The third-order valence-electron chi connectivity index (χ3n) is 3.42. The zero-order chi connectivity index (χ0) is 16.2. The van der Waals surface area contributed by atoms with Gasteiger partial charge in [-0.15, -0.1) is 0 Å². The maximum atomic E-state index is 11.8. The Bertz CT molecular complexity index is 606. The number of aliphatic hydroxyl groups is 1. The summed E-state index contributed by atoms with van der Waals surface area (Å²) < 4.78 is 5.33. The molecule has 5 nitrogen and oxygen atoms in total. The molecule has 2 aromatic rings. The van der Waals surface area contributed by atoms with Gasteiger partial charge in [-0.2, -0.15) is 0 Å². The van der Waals surface area contributed by atoms with Crippen molar-refractivity contribution < 1.29 is 14.6 Å². The highest BCUT2D eigenvalue weighted by Crippen LogP contribution is 2.21. The maximum Gasteiger partial charge on any atom is 0.308 e. The van der Waals surface area contributed by atoms with E-state index in [1.807, 2.05) is 45.0 Å². The molecule has 1 aromatic heterocycles. The summed E-state index contributed by atoms with van der Waals surface area (Å²) in [6, 6.07) is 7.75. The number of nitrogens with one attached hydrogen (secondary N) is 1. The lowest BCUT2D eigenvalue weighted by Crippen LogP contribution is -2.29. The van der Waals surface area contributed by atoms with Crippen LogP contribution in [0.1, 0.15) is 33.6 Å². The molecule has 1 atom stereocenters. The average molecular weight is 322 g/mol. The van der Waals surface area contributed by atoms with Crippen LogP contribution in [0.25, 0.3) is 11.0 Å². The fourth-order valence-corrected chi connectivity index (χ4v) is 2.66. The lowest BCUT2D eigenvalue weighted by Gasteiger charge is -2.23. The summed E-state index contributed by atoms with van der Waals surface area (Å²) in [5.41, 5.74) is 1.37. The number of aliphatic hydroxyl groups excluding tert-OH is 1.